The van der Waals surface area contributed by atoms with Crippen LogP contribution in [0.2, 0.25) is 5.02 Å². The van der Waals surface area contributed by atoms with Crippen molar-refractivity contribution < 1.29 is 14.5 Å². The number of rotatable bonds is 5. The lowest BCUT2D eigenvalue weighted by Crippen LogP contribution is -2.30. The third kappa shape index (κ3) is 4.43. The van der Waals surface area contributed by atoms with Gasteiger partial charge in [0.1, 0.15) is 0 Å². The Labute approximate surface area is 138 Å². The highest BCUT2D eigenvalue weighted by molar-refractivity contribution is 6.30. The minimum absolute atomic E-state index is 0.0550. The second kappa shape index (κ2) is 7.11. The van der Waals surface area contributed by atoms with Crippen LogP contribution in [-0.4, -0.2) is 16.9 Å². The van der Waals surface area contributed by atoms with Gasteiger partial charge in [-0.25, -0.2) is 0 Å². The minimum Gasteiger partial charge on any atom is -0.474 e. The molecule has 0 radical (unpaired) electrons. The fourth-order valence-electron chi connectivity index (χ4n) is 1.89. The van der Waals surface area contributed by atoms with Crippen LogP contribution in [-0.2, 0) is 4.79 Å². The number of amides is 1. The van der Waals surface area contributed by atoms with E-state index in [4.69, 9.17) is 16.3 Å². The van der Waals surface area contributed by atoms with E-state index < -0.39 is 16.9 Å². The molecule has 7 heteroatoms. The highest BCUT2D eigenvalue weighted by Crippen LogP contribution is 2.28. The molecule has 0 bridgehead atoms. The number of nitro groups is 1. The topological polar surface area (TPSA) is 81.5 Å². The molecule has 2 aromatic carbocycles. The van der Waals surface area contributed by atoms with Gasteiger partial charge in [0.05, 0.1) is 4.92 Å². The zero-order valence-corrected chi connectivity index (χ0v) is 13.3. The van der Waals surface area contributed by atoms with Crippen LogP contribution in [0.25, 0.3) is 0 Å². The highest BCUT2D eigenvalue weighted by Gasteiger charge is 2.21. The Hall–Kier alpha value is -2.60. The van der Waals surface area contributed by atoms with Gasteiger partial charge in [0.15, 0.2) is 11.9 Å². The number of carbonyl (C=O) groups is 1. The maximum atomic E-state index is 12.1. The maximum Gasteiger partial charge on any atom is 0.311 e. The summed E-state index contributed by atoms with van der Waals surface area (Å²) in [4.78, 5) is 22.6. The van der Waals surface area contributed by atoms with E-state index in [1.165, 1.54) is 19.1 Å². The quantitative estimate of drug-likeness (QED) is 0.662. The van der Waals surface area contributed by atoms with Crippen LogP contribution in [0.3, 0.4) is 0 Å². The summed E-state index contributed by atoms with van der Waals surface area (Å²) in [7, 11) is 0. The standard InChI is InChI=1S/C16H15ClN2O4/c1-10-3-8-15(14(9-10)19(21)22)23-11(2)16(20)18-13-6-4-12(17)5-7-13/h3-9,11H,1-2H3,(H,18,20)/t11-/m0/s1. The summed E-state index contributed by atoms with van der Waals surface area (Å²) in [6.07, 6.45) is -0.896. The lowest BCUT2D eigenvalue weighted by Gasteiger charge is -2.15. The number of nitro benzene ring substituents is 1. The summed E-state index contributed by atoms with van der Waals surface area (Å²) >= 11 is 5.78. The Morgan fingerprint density at radius 1 is 1.26 bits per heavy atom. The van der Waals surface area contributed by atoms with Crippen LogP contribution in [0.15, 0.2) is 42.5 Å². The third-order valence-corrected chi connectivity index (χ3v) is 3.35. The molecule has 0 spiro atoms. The highest BCUT2D eigenvalue weighted by atomic mass is 35.5. The van der Waals surface area contributed by atoms with Crippen molar-refractivity contribution in [2.75, 3.05) is 5.32 Å². The van der Waals surface area contributed by atoms with E-state index in [1.54, 1.807) is 37.3 Å². The Morgan fingerprint density at radius 2 is 1.91 bits per heavy atom. The molecule has 0 saturated heterocycles. The monoisotopic (exact) mass is 334 g/mol. The van der Waals surface area contributed by atoms with Crippen LogP contribution in [0, 0.1) is 17.0 Å². The first-order valence-electron chi connectivity index (χ1n) is 6.85. The Morgan fingerprint density at radius 3 is 2.52 bits per heavy atom. The first-order valence-corrected chi connectivity index (χ1v) is 7.23. The molecule has 0 aliphatic heterocycles. The second-order valence-corrected chi connectivity index (χ2v) is 5.42. The number of carbonyl (C=O) groups excluding carboxylic acids is 1. The Bertz CT molecular complexity index is 731. The van der Waals surface area contributed by atoms with Gasteiger partial charge in [-0.05, 0) is 49.7 Å². The van der Waals surface area contributed by atoms with Crippen LogP contribution >= 0.6 is 11.6 Å². The lowest BCUT2D eigenvalue weighted by molar-refractivity contribution is -0.386. The summed E-state index contributed by atoms with van der Waals surface area (Å²) in [5.41, 5.74) is 1.13. The average molecular weight is 335 g/mol. The van der Waals surface area contributed by atoms with Gasteiger partial charge in [-0.2, -0.15) is 0 Å². The summed E-state index contributed by atoms with van der Waals surface area (Å²) in [6.45, 7) is 3.27. The molecule has 1 amide bonds. The number of benzene rings is 2. The molecular formula is C16H15ClN2O4. The van der Waals surface area contributed by atoms with Crippen molar-refractivity contribution >= 4 is 28.9 Å². The molecule has 0 heterocycles. The van der Waals surface area contributed by atoms with Gasteiger partial charge in [-0.15, -0.1) is 0 Å². The van der Waals surface area contributed by atoms with Crippen molar-refractivity contribution in [3.05, 3.63) is 63.2 Å². The lowest BCUT2D eigenvalue weighted by atomic mass is 10.2. The molecule has 23 heavy (non-hydrogen) atoms. The van der Waals surface area contributed by atoms with Crippen molar-refractivity contribution in [3.8, 4) is 5.75 Å². The molecule has 6 nitrogen and oxygen atoms in total. The first kappa shape index (κ1) is 16.8. The Balaban J connectivity index is 2.09. The zero-order chi connectivity index (χ0) is 17.0. The maximum absolute atomic E-state index is 12.1. The third-order valence-electron chi connectivity index (χ3n) is 3.10. The molecule has 0 aromatic heterocycles. The van der Waals surface area contributed by atoms with Crippen LogP contribution in [0.5, 0.6) is 5.75 Å². The summed E-state index contributed by atoms with van der Waals surface area (Å²) < 4.78 is 5.44. The van der Waals surface area contributed by atoms with E-state index in [0.29, 0.717) is 10.7 Å². The van der Waals surface area contributed by atoms with Crippen LogP contribution in [0.4, 0.5) is 11.4 Å². The number of nitrogens with zero attached hydrogens (tertiary/aromatic N) is 1. The molecule has 0 aliphatic rings. The van der Waals surface area contributed by atoms with Crippen LogP contribution in [0.1, 0.15) is 12.5 Å². The molecule has 2 rings (SSSR count). The summed E-state index contributed by atoms with van der Waals surface area (Å²) in [6, 6.07) is 11.2. The average Bonchev–Trinajstić information content (AvgIpc) is 2.51. The molecule has 1 N–H and O–H groups in total. The van der Waals surface area contributed by atoms with E-state index in [9.17, 15) is 14.9 Å². The number of ether oxygens (including phenoxy) is 1. The smallest absolute Gasteiger partial charge is 0.311 e. The predicted octanol–water partition coefficient (Wildman–Crippen LogP) is 3.96. The first-order chi connectivity index (χ1) is 10.9. The fourth-order valence-corrected chi connectivity index (χ4v) is 2.02. The predicted molar refractivity (Wildman–Crippen MR) is 88.0 cm³/mol. The molecule has 0 saturated carbocycles. The van der Waals surface area contributed by atoms with E-state index in [1.807, 2.05) is 0 Å². The molecular weight excluding hydrogens is 320 g/mol. The zero-order valence-electron chi connectivity index (χ0n) is 12.6. The number of anilines is 1. The van der Waals surface area contributed by atoms with Gasteiger partial charge in [0, 0.05) is 16.8 Å². The van der Waals surface area contributed by atoms with Gasteiger partial charge in [0.25, 0.3) is 5.91 Å². The normalized spacial score (nSPS) is 11.6. The van der Waals surface area contributed by atoms with Crippen molar-refractivity contribution in [1.29, 1.82) is 0 Å². The van der Waals surface area contributed by atoms with Gasteiger partial charge >= 0.3 is 5.69 Å². The number of hydrogen-bond donors (Lipinski definition) is 1. The van der Waals surface area contributed by atoms with Crippen LogP contribution < -0.4 is 10.1 Å². The van der Waals surface area contributed by atoms with Crippen molar-refractivity contribution in [3.63, 3.8) is 0 Å². The molecule has 0 unspecified atom stereocenters. The van der Waals surface area contributed by atoms with E-state index in [0.717, 1.165) is 5.56 Å². The summed E-state index contributed by atoms with van der Waals surface area (Å²) in [5.74, 6) is -0.360. The van der Waals surface area contributed by atoms with Gasteiger partial charge in [0.2, 0.25) is 0 Å². The number of halogens is 1. The SMILES string of the molecule is Cc1ccc(O[C@@H](C)C(=O)Nc2ccc(Cl)cc2)c([N+](=O)[O-])c1. The van der Waals surface area contributed by atoms with Crippen molar-refractivity contribution in [1.82, 2.24) is 0 Å². The summed E-state index contributed by atoms with van der Waals surface area (Å²) in [5, 5.41) is 14.3. The molecule has 0 fully saturated rings. The minimum atomic E-state index is -0.896. The van der Waals surface area contributed by atoms with Crippen molar-refractivity contribution in [2.24, 2.45) is 0 Å². The van der Waals surface area contributed by atoms with Gasteiger partial charge < -0.3 is 10.1 Å². The molecule has 0 aliphatic carbocycles. The van der Waals surface area contributed by atoms with Gasteiger partial charge in [-0.1, -0.05) is 17.7 Å². The van der Waals surface area contributed by atoms with E-state index in [-0.39, 0.29) is 11.4 Å². The Kier molecular flexibility index (Phi) is 5.18. The largest absolute Gasteiger partial charge is 0.474 e. The molecule has 1 atom stereocenters. The van der Waals surface area contributed by atoms with E-state index >= 15 is 0 Å². The molecule has 120 valence electrons. The van der Waals surface area contributed by atoms with E-state index in [2.05, 4.69) is 5.32 Å². The second-order valence-electron chi connectivity index (χ2n) is 4.98. The van der Waals surface area contributed by atoms with Gasteiger partial charge in [-0.3, -0.25) is 14.9 Å². The number of aryl methyl sites for hydroxylation is 1. The number of nitrogens with one attached hydrogen (secondary N) is 1. The number of hydrogen-bond acceptors (Lipinski definition) is 4. The fraction of sp³-hybridized carbons (Fsp3) is 0.188. The molecule has 2 aromatic rings. The van der Waals surface area contributed by atoms with Crippen molar-refractivity contribution in [2.45, 2.75) is 20.0 Å².